The molecule has 1 saturated heterocycles. The highest BCUT2D eigenvalue weighted by Gasteiger charge is 2.30. The van der Waals surface area contributed by atoms with Gasteiger partial charge in [-0.25, -0.2) is 0 Å². The molecular weight excluding hydrogens is 388 g/mol. The number of hydrogen-bond acceptors (Lipinski definition) is 6. The number of ether oxygens (including phenoxy) is 4. The molecule has 0 unspecified atom stereocenters. The van der Waals surface area contributed by atoms with Gasteiger partial charge in [0, 0.05) is 19.5 Å². The number of hydrazine groups is 1. The molecule has 3 heterocycles. The molecule has 30 heavy (non-hydrogen) atoms. The summed E-state index contributed by atoms with van der Waals surface area (Å²) in [6, 6.07) is 11.2. The highest BCUT2D eigenvalue weighted by atomic mass is 16.7. The van der Waals surface area contributed by atoms with E-state index in [-0.39, 0.29) is 31.8 Å². The van der Waals surface area contributed by atoms with Crippen molar-refractivity contribution >= 4 is 11.8 Å². The van der Waals surface area contributed by atoms with Crippen molar-refractivity contribution in [3.8, 4) is 23.0 Å². The third-order valence-electron chi connectivity index (χ3n) is 5.46. The van der Waals surface area contributed by atoms with Crippen molar-refractivity contribution < 1.29 is 28.5 Å². The van der Waals surface area contributed by atoms with Gasteiger partial charge in [-0.2, -0.15) is 0 Å². The summed E-state index contributed by atoms with van der Waals surface area (Å²) in [4.78, 5) is 25.7. The van der Waals surface area contributed by atoms with Gasteiger partial charge in [0.15, 0.2) is 23.0 Å². The van der Waals surface area contributed by atoms with Crippen LogP contribution in [0, 0.1) is 0 Å². The standard InChI is InChI=1S/C22H22N2O6/c25-21(7-4-15-2-5-17-19(10-15)29-13-27-17)23-8-1-9-24(23)22(26)12-16-3-6-18-20(11-16)30-14-28-18/h2-3,5-6,10-11H,1,4,7-9,12-14H2. The maximum absolute atomic E-state index is 12.9. The predicted octanol–water partition coefficient (Wildman–Crippen LogP) is 2.30. The summed E-state index contributed by atoms with van der Waals surface area (Å²) in [5.74, 6) is 2.63. The number of carbonyl (C=O) groups excluding carboxylic acids is 2. The molecule has 0 bridgehead atoms. The minimum atomic E-state index is -0.0946. The molecule has 0 aromatic heterocycles. The zero-order valence-electron chi connectivity index (χ0n) is 16.5. The van der Waals surface area contributed by atoms with Crippen molar-refractivity contribution in [1.29, 1.82) is 0 Å². The lowest BCUT2D eigenvalue weighted by molar-refractivity contribution is -0.157. The van der Waals surface area contributed by atoms with Gasteiger partial charge in [-0.05, 0) is 48.2 Å². The Hall–Kier alpha value is -3.42. The maximum Gasteiger partial charge on any atom is 0.245 e. The van der Waals surface area contributed by atoms with E-state index in [4.69, 9.17) is 18.9 Å². The highest BCUT2D eigenvalue weighted by molar-refractivity contribution is 5.84. The molecule has 8 heteroatoms. The molecule has 1 fully saturated rings. The van der Waals surface area contributed by atoms with Gasteiger partial charge in [0.25, 0.3) is 0 Å². The number of aryl methyl sites for hydroxylation is 1. The van der Waals surface area contributed by atoms with E-state index in [1.165, 1.54) is 0 Å². The molecule has 0 saturated carbocycles. The van der Waals surface area contributed by atoms with Crippen LogP contribution in [0.4, 0.5) is 0 Å². The molecule has 0 atom stereocenters. The van der Waals surface area contributed by atoms with E-state index in [2.05, 4.69) is 0 Å². The summed E-state index contributed by atoms with van der Waals surface area (Å²) in [6.07, 6.45) is 1.90. The topological polar surface area (TPSA) is 77.5 Å². The van der Waals surface area contributed by atoms with Crippen LogP contribution in [-0.2, 0) is 22.4 Å². The zero-order chi connectivity index (χ0) is 20.5. The van der Waals surface area contributed by atoms with Gasteiger partial charge in [-0.1, -0.05) is 12.1 Å². The number of amides is 2. The van der Waals surface area contributed by atoms with Crippen molar-refractivity contribution in [2.75, 3.05) is 26.7 Å². The average Bonchev–Trinajstić information content (AvgIpc) is 3.51. The lowest BCUT2D eigenvalue weighted by atomic mass is 10.1. The lowest BCUT2D eigenvalue weighted by Gasteiger charge is -2.28. The van der Waals surface area contributed by atoms with Crippen molar-refractivity contribution in [2.45, 2.75) is 25.7 Å². The quantitative estimate of drug-likeness (QED) is 0.753. The predicted molar refractivity (Wildman–Crippen MR) is 105 cm³/mol. The number of benzene rings is 2. The van der Waals surface area contributed by atoms with Crippen LogP contribution in [0.1, 0.15) is 24.0 Å². The zero-order valence-corrected chi connectivity index (χ0v) is 16.5. The molecule has 5 rings (SSSR count). The van der Waals surface area contributed by atoms with Crippen LogP contribution in [0.3, 0.4) is 0 Å². The van der Waals surface area contributed by atoms with Crippen LogP contribution in [0.2, 0.25) is 0 Å². The Bertz CT molecular complexity index is 992. The summed E-state index contributed by atoms with van der Waals surface area (Å²) in [6.45, 7) is 1.54. The van der Waals surface area contributed by atoms with E-state index in [0.717, 1.165) is 23.3 Å². The Morgan fingerprint density at radius 3 is 2.00 bits per heavy atom. The van der Waals surface area contributed by atoms with Crippen molar-refractivity contribution in [2.24, 2.45) is 0 Å². The minimum Gasteiger partial charge on any atom is -0.454 e. The second-order valence-electron chi connectivity index (χ2n) is 7.44. The van der Waals surface area contributed by atoms with Gasteiger partial charge in [-0.3, -0.25) is 19.6 Å². The molecule has 0 aliphatic carbocycles. The summed E-state index contributed by atoms with van der Waals surface area (Å²) in [5.41, 5.74) is 1.84. The normalized spacial score (nSPS) is 16.3. The third kappa shape index (κ3) is 3.60. The molecule has 0 radical (unpaired) electrons. The minimum absolute atomic E-state index is 0.0517. The Labute approximate surface area is 173 Å². The fourth-order valence-corrected chi connectivity index (χ4v) is 3.92. The van der Waals surface area contributed by atoms with Gasteiger partial charge in [0.1, 0.15) is 0 Å². The van der Waals surface area contributed by atoms with E-state index in [1.54, 1.807) is 10.0 Å². The second kappa shape index (κ2) is 7.78. The molecule has 2 aromatic carbocycles. The fraction of sp³-hybridized carbons (Fsp3) is 0.364. The first kappa shape index (κ1) is 18.6. The summed E-state index contributed by atoms with van der Waals surface area (Å²) < 4.78 is 21.4. The number of hydrogen-bond donors (Lipinski definition) is 0. The number of nitrogens with zero attached hydrogens (tertiary/aromatic N) is 2. The number of rotatable bonds is 5. The van der Waals surface area contributed by atoms with Gasteiger partial charge >= 0.3 is 0 Å². The SMILES string of the molecule is O=C(CCc1ccc2c(c1)OCO2)N1CCCN1C(=O)Cc1ccc2c(c1)OCO2. The molecule has 3 aliphatic heterocycles. The Morgan fingerprint density at radius 2 is 1.30 bits per heavy atom. The van der Waals surface area contributed by atoms with Crippen LogP contribution in [-0.4, -0.2) is 48.5 Å². The van der Waals surface area contributed by atoms with Crippen LogP contribution in [0.15, 0.2) is 36.4 Å². The van der Waals surface area contributed by atoms with Crippen molar-refractivity contribution in [3.63, 3.8) is 0 Å². The van der Waals surface area contributed by atoms with E-state index < -0.39 is 0 Å². The Balaban J connectivity index is 1.20. The molecule has 0 N–H and O–H groups in total. The van der Waals surface area contributed by atoms with Gasteiger partial charge in [-0.15, -0.1) is 0 Å². The van der Waals surface area contributed by atoms with Gasteiger partial charge in [0.05, 0.1) is 6.42 Å². The first-order valence-corrected chi connectivity index (χ1v) is 10.0. The van der Waals surface area contributed by atoms with E-state index in [9.17, 15) is 9.59 Å². The number of fused-ring (bicyclic) bond motifs is 2. The van der Waals surface area contributed by atoms with Crippen LogP contribution < -0.4 is 18.9 Å². The molecule has 0 spiro atoms. The molecular formula is C22H22N2O6. The summed E-state index contributed by atoms with van der Waals surface area (Å²) >= 11 is 0. The number of carbonyl (C=O) groups is 2. The second-order valence-corrected chi connectivity index (χ2v) is 7.44. The van der Waals surface area contributed by atoms with Crippen LogP contribution >= 0.6 is 0 Å². The highest BCUT2D eigenvalue weighted by Crippen LogP contribution is 2.34. The van der Waals surface area contributed by atoms with Gasteiger partial charge < -0.3 is 18.9 Å². The van der Waals surface area contributed by atoms with E-state index in [0.29, 0.717) is 43.2 Å². The molecule has 2 amide bonds. The fourth-order valence-electron chi connectivity index (χ4n) is 3.92. The van der Waals surface area contributed by atoms with Crippen molar-refractivity contribution in [1.82, 2.24) is 10.0 Å². The lowest BCUT2D eigenvalue weighted by Crippen LogP contribution is -2.45. The summed E-state index contributed by atoms with van der Waals surface area (Å²) in [7, 11) is 0. The maximum atomic E-state index is 12.9. The molecule has 8 nitrogen and oxygen atoms in total. The monoisotopic (exact) mass is 410 g/mol. The molecule has 2 aromatic rings. The molecule has 3 aliphatic rings. The summed E-state index contributed by atoms with van der Waals surface area (Å²) in [5, 5.41) is 3.16. The average molecular weight is 410 g/mol. The Kier molecular flexibility index (Phi) is 4.82. The van der Waals surface area contributed by atoms with Crippen molar-refractivity contribution in [3.05, 3.63) is 47.5 Å². The van der Waals surface area contributed by atoms with Crippen LogP contribution in [0.5, 0.6) is 23.0 Å². The molecule has 156 valence electrons. The third-order valence-corrected chi connectivity index (χ3v) is 5.46. The van der Waals surface area contributed by atoms with Crippen LogP contribution in [0.25, 0.3) is 0 Å². The first-order chi connectivity index (χ1) is 14.7. The largest absolute Gasteiger partial charge is 0.454 e. The smallest absolute Gasteiger partial charge is 0.245 e. The first-order valence-electron chi connectivity index (χ1n) is 10.0. The van der Waals surface area contributed by atoms with E-state index >= 15 is 0 Å². The van der Waals surface area contributed by atoms with E-state index in [1.807, 2.05) is 36.4 Å². The Morgan fingerprint density at radius 1 is 0.733 bits per heavy atom. The van der Waals surface area contributed by atoms with Gasteiger partial charge in [0.2, 0.25) is 25.4 Å².